The number of aliphatic hydroxyl groups is 1. The quantitative estimate of drug-likeness (QED) is 0.0272. The summed E-state index contributed by atoms with van der Waals surface area (Å²) in [6.45, 7) is 4.58. The number of carbonyl (C=O) groups excluding carboxylic acids is 1. The van der Waals surface area contributed by atoms with Crippen LogP contribution in [0, 0.1) is 0 Å². The molecule has 0 aromatic heterocycles. The molecule has 0 rings (SSSR count). The van der Waals surface area contributed by atoms with Gasteiger partial charge in [-0.05, 0) is 57.8 Å². The maximum absolute atomic E-state index is 13.0. The third kappa shape index (κ3) is 59.7. The molecule has 8 nitrogen and oxygen atoms in total. The van der Waals surface area contributed by atoms with Crippen molar-refractivity contribution in [3.8, 4) is 0 Å². The van der Waals surface area contributed by atoms with Crippen LogP contribution in [0.1, 0.15) is 303 Å². The molecular weight excluding hydrogens is 948 g/mol. The lowest BCUT2D eigenvalue weighted by atomic mass is 10.0. The summed E-state index contributed by atoms with van der Waals surface area (Å²) in [5.41, 5.74) is 0. The standard InChI is InChI=1S/C66H125N2O6P/c1-6-8-10-12-14-16-18-20-22-24-26-28-30-31-32-33-34-35-36-37-38-40-42-44-46-48-50-52-54-56-58-60-66(70)67-64(63-74-75(71,72)73-62-61-68(3,4)5)65(69)59-57-55-53-51-49-47-45-43-41-39-29-27-25-23-21-19-17-15-13-11-9-7-2/h8,10,14,16,20,22,26,28,57,59,64-65,69H,6-7,9,11-13,15,17-19,21,23-25,27,29-56,58,60-63H2,1-5H3,(H-,67,70,71,72)/b10-8-,16-14-,22-20-,28-26-,59-57+. The summed E-state index contributed by atoms with van der Waals surface area (Å²) < 4.78 is 23.4. The fourth-order valence-corrected chi connectivity index (χ4v) is 10.2. The van der Waals surface area contributed by atoms with Crippen molar-refractivity contribution in [1.82, 2.24) is 5.32 Å². The highest BCUT2D eigenvalue weighted by molar-refractivity contribution is 7.45. The second-order valence-electron chi connectivity index (χ2n) is 23.1. The first-order valence-corrected chi connectivity index (χ1v) is 33.6. The molecular formula is C66H125N2O6P. The minimum Gasteiger partial charge on any atom is -0.756 e. The predicted molar refractivity (Wildman–Crippen MR) is 325 cm³/mol. The number of rotatable bonds is 59. The summed E-state index contributed by atoms with van der Waals surface area (Å²) in [5.74, 6) is -0.194. The van der Waals surface area contributed by atoms with Crippen LogP contribution >= 0.6 is 7.82 Å². The first-order chi connectivity index (χ1) is 36.5. The maximum atomic E-state index is 13.0. The van der Waals surface area contributed by atoms with E-state index in [4.69, 9.17) is 9.05 Å². The molecule has 3 unspecified atom stereocenters. The molecule has 440 valence electrons. The van der Waals surface area contributed by atoms with Crippen molar-refractivity contribution >= 4 is 13.7 Å². The highest BCUT2D eigenvalue weighted by Crippen LogP contribution is 2.38. The Kier molecular flexibility index (Phi) is 55.5. The molecule has 0 aliphatic rings. The second-order valence-corrected chi connectivity index (χ2v) is 24.5. The van der Waals surface area contributed by atoms with Gasteiger partial charge in [-0.2, -0.15) is 0 Å². The van der Waals surface area contributed by atoms with Crippen LogP contribution in [0.5, 0.6) is 0 Å². The molecule has 1 amide bonds. The number of phosphoric acid groups is 1. The van der Waals surface area contributed by atoms with Crippen LogP contribution in [-0.2, 0) is 18.4 Å². The molecule has 0 saturated heterocycles. The van der Waals surface area contributed by atoms with Gasteiger partial charge in [-0.1, -0.05) is 299 Å². The van der Waals surface area contributed by atoms with E-state index in [0.29, 0.717) is 17.4 Å². The molecule has 0 aromatic rings. The van der Waals surface area contributed by atoms with Crippen molar-refractivity contribution in [2.75, 3.05) is 40.9 Å². The summed E-state index contributed by atoms with van der Waals surface area (Å²) in [6.07, 6.45) is 77.4. The van der Waals surface area contributed by atoms with Gasteiger partial charge in [-0.15, -0.1) is 0 Å². The largest absolute Gasteiger partial charge is 0.756 e. The van der Waals surface area contributed by atoms with Crippen molar-refractivity contribution in [3.63, 3.8) is 0 Å². The predicted octanol–water partition coefficient (Wildman–Crippen LogP) is 19.4. The lowest BCUT2D eigenvalue weighted by molar-refractivity contribution is -0.870. The van der Waals surface area contributed by atoms with E-state index in [1.54, 1.807) is 6.08 Å². The number of nitrogens with zero attached hydrogens (tertiary/aromatic N) is 1. The van der Waals surface area contributed by atoms with E-state index in [0.717, 1.165) is 64.2 Å². The maximum Gasteiger partial charge on any atom is 0.268 e. The lowest BCUT2D eigenvalue weighted by Crippen LogP contribution is -2.45. The third-order valence-corrected chi connectivity index (χ3v) is 15.4. The second kappa shape index (κ2) is 56.9. The van der Waals surface area contributed by atoms with E-state index in [-0.39, 0.29) is 19.1 Å². The zero-order valence-corrected chi connectivity index (χ0v) is 51.1. The molecule has 0 heterocycles. The van der Waals surface area contributed by atoms with Crippen molar-refractivity contribution in [1.29, 1.82) is 0 Å². The van der Waals surface area contributed by atoms with E-state index >= 15 is 0 Å². The first kappa shape index (κ1) is 73.2. The van der Waals surface area contributed by atoms with Gasteiger partial charge in [0.2, 0.25) is 5.91 Å². The molecule has 2 N–H and O–H groups in total. The minimum absolute atomic E-state index is 0.000654. The highest BCUT2D eigenvalue weighted by atomic mass is 31.2. The number of unbranched alkanes of at least 4 members (excludes halogenated alkanes) is 38. The summed E-state index contributed by atoms with van der Waals surface area (Å²) in [5, 5.41) is 13.9. The lowest BCUT2D eigenvalue weighted by Gasteiger charge is -2.29. The smallest absolute Gasteiger partial charge is 0.268 e. The summed E-state index contributed by atoms with van der Waals surface area (Å²) >= 11 is 0. The fraction of sp³-hybridized carbons (Fsp3) is 0.833. The Bertz CT molecular complexity index is 1400. The number of hydrogen-bond donors (Lipinski definition) is 2. The number of quaternary nitrogens is 1. The molecule has 0 saturated carbocycles. The molecule has 0 fully saturated rings. The third-order valence-electron chi connectivity index (χ3n) is 14.5. The van der Waals surface area contributed by atoms with Crippen LogP contribution in [-0.4, -0.2) is 68.5 Å². The molecule has 75 heavy (non-hydrogen) atoms. The number of amides is 1. The van der Waals surface area contributed by atoms with E-state index in [1.807, 2.05) is 27.2 Å². The van der Waals surface area contributed by atoms with Gasteiger partial charge in [0, 0.05) is 6.42 Å². The molecule has 3 atom stereocenters. The Morgan fingerprint density at radius 2 is 0.813 bits per heavy atom. The monoisotopic (exact) mass is 1070 g/mol. The van der Waals surface area contributed by atoms with E-state index in [2.05, 4.69) is 67.8 Å². The van der Waals surface area contributed by atoms with E-state index in [1.165, 1.54) is 218 Å². The Morgan fingerprint density at radius 1 is 0.480 bits per heavy atom. The van der Waals surface area contributed by atoms with Gasteiger partial charge in [0.05, 0.1) is 39.9 Å². The molecule has 0 aromatic carbocycles. The van der Waals surface area contributed by atoms with Crippen molar-refractivity contribution < 1.29 is 32.9 Å². The van der Waals surface area contributed by atoms with Crippen molar-refractivity contribution in [3.05, 3.63) is 60.8 Å². The first-order valence-electron chi connectivity index (χ1n) is 32.2. The number of likely N-dealkylation sites (N-methyl/N-ethyl adjacent to an activating group) is 1. The van der Waals surface area contributed by atoms with Gasteiger partial charge < -0.3 is 28.8 Å². The number of aliphatic hydroxyl groups excluding tert-OH is 1. The van der Waals surface area contributed by atoms with Crippen molar-refractivity contribution in [2.24, 2.45) is 0 Å². The number of nitrogens with one attached hydrogen (secondary N) is 1. The average molecular weight is 1070 g/mol. The Labute approximate surface area is 466 Å². The summed E-state index contributed by atoms with van der Waals surface area (Å²) in [4.78, 5) is 25.6. The van der Waals surface area contributed by atoms with Gasteiger partial charge in [0.25, 0.3) is 7.82 Å². The van der Waals surface area contributed by atoms with Crippen LogP contribution in [0.25, 0.3) is 0 Å². The molecule has 0 spiro atoms. The van der Waals surface area contributed by atoms with Crippen molar-refractivity contribution in [2.45, 2.75) is 315 Å². The molecule has 0 bridgehead atoms. The molecule has 0 aliphatic heterocycles. The van der Waals surface area contributed by atoms with Gasteiger partial charge in [-0.25, -0.2) is 0 Å². The fourth-order valence-electron chi connectivity index (χ4n) is 9.50. The normalized spacial score (nSPS) is 14.2. The van der Waals surface area contributed by atoms with Crippen LogP contribution in [0.4, 0.5) is 0 Å². The molecule has 0 aliphatic carbocycles. The Morgan fingerprint density at radius 3 is 1.19 bits per heavy atom. The van der Waals surface area contributed by atoms with Crippen LogP contribution < -0.4 is 10.2 Å². The van der Waals surface area contributed by atoms with Crippen LogP contribution in [0.2, 0.25) is 0 Å². The number of hydrogen-bond acceptors (Lipinski definition) is 6. The molecule has 0 radical (unpaired) electrons. The van der Waals surface area contributed by atoms with Gasteiger partial charge in [-0.3, -0.25) is 9.36 Å². The van der Waals surface area contributed by atoms with Gasteiger partial charge >= 0.3 is 0 Å². The Balaban J connectivity index is 4.09. The topological polar surface area (TPSA) is 108 Å². The zero-order chi connectivity index (χ0) is 54.9. The number of phosphoric ester groups is 1. The average Bonchev–Trinajstić information content (AvgIpc) is 3.37. The molecule has 9 heteroatoms. The number of allylic oxidation sites excluding steroid dienone is 9. The Hall–Kier alpha value is -1.80. The van der Waals surface area contributed by atoms with Crippen LogP contribution in [0.15, 0.2) is 60.8 Å². The van der Waals surface area contributed by atoms with Crippen LogP contribution in [0.3, 0.4) is 0 Å². The van der Waals surface area contributed by atoms with Gasteiger partial charge in [0.15, 0.2) is 0 Å². The SMILES string of the molecule is CC/C=C\C/C=C\C/C=C\C/C=C\CCCCCCCCCCCCCCCCCCCCC(=O)NC(COP(=O)([O-])OCC[N+](C)(C)C)C(O)/C=C/CCCCCCCCCCCCCCCCCCCCCC. The minimum atomic E-state index is -4.60. The van der Waals surface area contributed by atoms with E-state index < -0.39 is 20.0 Å². The number of carbonyl (C=O) groups is 1. The van der Waals surface area contributed by atoms with Gasteiger partial charge in [0.1, 0.15) is 13.2 Å². The summed E-state index contributed by atoms with van der Waals surface area (Å²) in [7, 11) is 1.27. The van der Waals surface area contributed by atoms with E-state index in [9.17, 15) is 19.4 Å². The zero-order valence-electron chi connectivity index (χ0n) is 50.3. The highest BCUT2D eigenvalue weighted by Gasteiger charge is 2.23. The summed E-state index contributed by atoms with van der Waals surface area (Å²) in [6, 6.07) is -0.888.